The monoisotopic (exact) mass is 247 g/mol. The molecule has 0 radical (unpaired) electrons. The van der Waals surface area contributed by atoms with Gasteiger partial charge >= 0.3 is 5.63 Å². The van der Waals surface area contributed by atoms with Gasteiger partial charge in [0.05, 0.1) is 12.3 Å². The molecule has 0 saturated carbocycles. The van der Waals surface area contributed by atoms with Gasteiger partial charge in [-0.05, 0) is 26.0 Å². The molecule has 18 heavy (non-hydrogen) atoms. The van der Waals surface area contributed by atoms with Gasteiger partial charge in [0.25, 0.3) is 0 Å². The molecule has 1 N–H and O–H groups in total. The molecule has 6 nitrogen and oxygen atoms in total. The van der Waals surface area contributed by atoms with Gasteiger partial charge < -0.3 is 9.26 Å². The van der Waals surface area contributed by atoms with Crippen molar-refractivity contribution < 1.29 is 9.26 Å². The van der Waals surface area contributed by atoms with E-state index in [0.717, 1.165) is 0 Å². The highest BCUT2D eigenvalue weighted by molar-refractivity contribution is 5.51. The van der Waals surface area contributed by atoms with E-state index in [-0.39, 0.29) is 5.69 Å². The second kappa shape index (κ2) is 5.31. The Balaban J connectivity index is 2.32. The zero-order valence-electron chi connectivity index (χ0n) is 10.1. The minimum absolute atomic E-state index is 0.168. The van der Waals surface area contributed by atoms with Crippen LogP contribution in [-0.2, 0) is 0 Å². The second-order valence-corrected chi connectivity index (χ2v) is 3.57. The van der Waals surface area contributed by atoms with Gasteiger partial charge in [0.1, 0.15) is 11.4 Å². The lowest BCUT2D eigenvalue weighted by atomic mass is 10.3. The molecule has 0 amide bonds. The van der Waals surface area contributed by atoms with Crippen LogP contribution in [0.1, 0.15) is 12.6 Å². The summed E-state index contributed by atoms with van der Waals surface area (Å²) < 4.78 is 10.0. The fourth-order valence-electron chi connectivity index (χ4n) is 1.41. The highest BCUT2D eigenvalue weighted by Gasteiger charge is 2.07. The van der Waals surface area contributed by atoms with E-state index in [2.05, 4.69) is 19.9 Å². The van der Waals surface area contributed by atoms with Crippen molar-refractivity contribution in [1.29, 1.82) is 0 Å². The maximum Gasteiger partial charge on any atom is 0.384 e. The minimum atomic E-state index is -0.537. The first-order chi connectivity index (χ1) is 8.72. The standard InChI is InChI=1S/C12H13N3O3/c1-3-17-10-7-5-4-6-9(10)13-14-11-8(2)15-18-12(11)16/h4-7,15H,3H2,1-2H3. The number of para-hydroxylation sites is 1. The van der Waals surface area contributed by atoms with Crippen LogP contribution in [0.2, 0.25) is 0 Å². The van der Waals surface area contributed by atoms with E-state index < -0.39 is 5.63 Å². The van der Waals surface area contributed by atoms with Crippen LogP contribution in [0.3, 0.4) is 0 Å². The van der Waals surface area contributed by atoms with Gasteiger partial charge in [-0.25, -0.2) is 9.95 Å². The van der Waals surface area contributed by atoms with Crippen molar-refractivity contribution in [2.75, 3.05) is 6.61 Å². The molecule has 0 aliphatic heterocycles. The van der Waals surface area contributed by atoms with Crippen LogP contribution < -0.4 is 10.4 Å². The Morgan fingerprint density at radius 2 is 2.11 bits per heavy atom. The zero-order chi connectivity index (χ0) is 13.0. The predicted octanol–water partition coefficient (Wildman–Crippen LogP) is 3.09. The molecular weight excluding hydrogens is 234 g/mol. The Labute approximate surface area is 103 Å². The smallest absolute Gasteiger partial charge is 0.384 e. The number of ether oxygens (including phenoxy) is 1. The fourth-order valence-corrected chi connectivity index (χ4v) is 1.41. The van der Waals surface area contributed by atoms with Crippen LogP contribution in [0.5, 0.6) is 5.75 Å². The summed E-state index contributed by atoms with van der Waals surface area (Å²) in [7, 11) is 0. The number of H-pyrrole nitrogens is 1. The first-order valence-corrected chi connectivity index (χ1v) is 5.54. The van der Waals surface area contributed by atoms with Crippen molar-refractivity contribution in [2.45, 2.75) is 13.8 Å². The summed E-state index contributed by atoms with van der Waals surface area (Å²) in [6.45, 7) is 4.12. The van der Waals surface area contributed by atoms with Gasteiger partial charge in [0.15, 0.2) is 5.69 Å². The van der Waals surface area contributed by atoms with E-state index in [1.807, 2.05) is 19.1 Å². The molecule has 2 aromatic rings. The summed E-state index contributed by atoms with van der Waals surface area (Å²) in [5, 5.41) is 10.3. The molecule has 0 unspecified atom stereocenters. The number of nitrogens with zero attached hydrogens (tertiary/aromatic N) is 2. The van der Waals surface area contributed by atoms with E-state index in [1.165, 1.54) is 0 Å². The SMILES string of the molecule is CCOc1ccccc1N=Nc1c(C)[nH]oc1=O. The van der Waals surface area contributed by atoms with Gasteiger partial charge in [-0.15, -0.1) is 10.2 Å². The molecule has 0 aliphatic rings. The van der Waals surface area contributed by atoms with Crippen LogP contribution in [-0.4, -0.2) is 11.8 Å². The van der Waals surface area contributed by atoms with Crippen LogP contribution in [0, 0.1) is 6.92 Å². The topological polar surface area (TPSA) is 80.0 Å². The number of benzene rings is 1. The van der Waals surface area contributed by atoms with E-state index >= 15 is 0 Å². The zero-order valence-corrected chi connectivity index (χ0v) is 10.1. The average Bonchev–Trinajstić information content (AvgIpc) is 2.69. The predicted molar refractivity (Wildman–Crippen MR) is 65.9 cm³/mol. The first-order valence-electron chi connectivity index (χ1n) is 5.54. The Kier molecular flexibility index (Phi) is 3.57. The maximum absolute atomic E-state index is 11.3. The molecule has 0 bridgehead atoms. The van der Waals surface area contributed by atoms with Gasteiger partial charge in [-0.1, -0.05) is 12.1 Å². The fraction of sp³-hybridized carbons (Fsp3) is 0.250. The van der Waals surface area contributed by atoms with Crippen LogP contribution >= 0.6 is 0 Å². The van der Waals surface area contributed by atoms with Crippen molar-refractivity contribution >= 4 is 11.4 Å². The highest BCUT2D eigenvalue weighted by Crippen LogP contribution is 2.28. The summed E-state index contributed by atoms with van der Waals surface area (Å²) in [5.74, 6) is 0.626. The molecule has 1 aromatic heterocycles. The number of rotatable bonds is 4. The number of aromatic amines is 1. The van der Waals surface area contributed by atoms with Crippen LogP contribution in [0.15, 0.2) is 43.8 Å². The maximum atomic E-state index is 11.3. The van der Waals surface area contributed by atoms with Crippen molar-refractivity contribution in [3.63, 3.8) is 0 Å². The second-order valence-electron chi connectivity index (χ2n) is 3.57. The van der Waals surface area contributed by atoms with Crippen molar-refractivity contribution in [3.8, 4) is 5.75 Å². The molecular formula is C12H13N3O3. The van der Waals surface area contributed by atoms with Crippen molar-refractivity contribution in [1.82, 2.24) is 5.16 Å². The lowest BCUT2D eigenvalue weighted by molar-refractivity contribution is 0.341. The van der Waals surface area contributed by atoms with Crippen LogP contribution in [0.4, 0.5) is 11.4 Å². The number of nitrogens with one attached hydrogen (secondary N) is 1. The number of hydrogen-bond donors (Lipinski definition) is 1. The third-order valence-electron chi connectivity index (χ3n) is 2.27. The molecule has 2 rings (SSSR count). The number of hydrogen-bond acceptors (Lipinski definition) is 5. The molecule has 94 valence electrons. The average molecular weight is 247 g/mol. The van der Waals surface area contributed by atoms with E-state index in [1.54, 1.807) is 19.1 Å². The lowest BCUT2D eigenvalue weighted by Gasteiger charge is -2.04. The first kappa shape index (κ1) is 12.1. The molecule has 6 heteroatoms. The minimum Gasteiger partial charge on any atom is -0.492 e. The quantitative estimate of drug-likeness (QED) is 0.843. The van der Waals surface area contributed by atoms with Crippen molar-refractivity contribution in [3.05, 3.63) is 40.4 Å². The molecule has 0 spiro atoms. The van der Waals surface area contributed by atoms with Gasteiger partial charge in [0.2, 0.25) is 0 Å². The van der Waals surface area contributed by atoms with E-state index in [4.69, 9.17) is 4.74 Å². The summed E-state index contributed by atoms with van der Waals surface area (Å²) in [6, 6.07) is 7.23. The van der Waals surface area contributed by atoms with Gasteiger partial charge in [0, 0.05) is 0 Å². The third kappa shape index (κ3) is 2.48. The molecule has 0 aliphatic carbocycles. The Morgan fingerprint density at radius 3 is 2.78 bits per heavy atom. The molecule has 0 atom stereocenters. The molecule has 0 fully saturated rings. The molecule has 1 heterocycles. The number of azo groups is 1. The summed E-state index contributed by atoms with van der Waals surface area (Å²) in [4.78, 5) is 11.3. The highest BCUT2D eigenvalue weighted by atomic mass is 16.5. The summed E-state index contributed by atoms with van der Waals surface area (Å²) >= 11 is 0. The Hall–Kier alpha value is -2.37. The largest absolute Gasteiger partial charge is 0.492 e. The summed E-state index contributed by atoms with van der Waals surface area (Å²) in [5.41, 5.74) is 0.739. The summed E-state index contributed by atoms with van der Waals surface area (Å²) in [6.07, 6.45) is 0. The normalized spacial score (nSPS) is 11.0. The third-order valence-corrected chi connectivity index (χ3v) is 2.27. The van der Waals surface area contributed by atoms with Gasteiger partial charge in [-0.2, -0.15) is 0 Å². The number of aromatic nitrogens is 1. The number of aryl methyl sites for hydroxylation is 1. The lowest BCUT2D eigenvalue weighted by Crippen LogP contribution is -1.91. The van der Waals surface area contributed by atoms with Gasteiger partial charge in [-0.3, -0.25) is 0 Å². The molecule has 1 aromatic carbocycles. The van der Waals surface area contributed by atoms with E-state index in [9.17, 15) is 4.79 Å². The van der Waals surface area contributed by atoms with Crippen molar-refractivity contribution in [2.24, 2.45) is 10.2 Å². The Morgan fingerprint density at radius 1 is 1.33 bits per heavy atom. The van der Waals surface area contributed by atoms with E-state index in [0.29, 0.717) is 23.7 Å². The van der Waals surface area contributed by atoms with Crippen LogP contribution in [0.25, 0.3) is 0 Å². The Bertz CT molecular complexity index is 613. The molecule has 0 saturated heterocycles.